The molecule has 2 heterocycles. The van der Waals surface area contributed by atoms with Gasteiger partial charge in [-0.05, 0) is 26.2 Å². The maximum Gasteiger partial charge on any atom is 0.244 e. The lowest BCUT2D eigenvalue weighted by Crippen LogP contribution is -2.39. The highest BCUT2D eigenvalue weighted by Crippen LogP contribution is 2.07. The molecule has 0 radical (unpaired) electrons. The molecule has 1 saturated heterocycles. The smallest absolute Gasteiger partial charge is 0.244 e. The monoisotopic (exact) mass is 434 g/mol. The van der Waals surface area contributed by atoms with E-state index >= 15 is 0 Å². The summed E-state index contributed by atoms with van der Waals surface area (Å²) >= 11 is 0. The Bertz CT molecular complexity index is 470. The number of nitrogens with zero attached hydrogens (tertiary/aromatic N) is 4. The van der Waals surface area contributed by atoms with E-state index in [2.05, 4.69) is 20.6 Å². The number of nitrogens with one attached hydrogen (secondary N) is 2. The van der Waals surface area contributed by atoms with Crippen LogP contribution in [0.15, 0.2) is 23.7 Å². The molecular formula is C15H27IN6O. The molecule has 0 aromatic carbocycles. The quantitative estimate of drug-likeness (QED) is 0.292. The van der Waals surface area contributed by atoms with Crippen LogP contribution in [0, 0.1) is 0 Å². The van der Waals surface area contributed by atoms with Gasteiger partial charge in [0.25, 0.3) is 0 Å². The van der Waals surface area contributed by atoms with Crippen LogP contribution < -0.4 is 10.6 Å². The van der Waals surface area contributed by atoms with Gasteiger partial charge in [-0.1, -0.05) is 0 Å². The van der Waals surface area contributed by atoms with Gasteiger partial charge in [0.05, 0.1) is 6.33 Å². The number of hydrogen-bond donors (Lipinski definition) is 2. The van der Waals surface area contributed by atoms with E-state index in [1.165, 1.54) is 0 Å². The average molecular weight is 434 g/mol. The van der Waals surface area contributed by atoms with E-state index in [4.69, 9.17) is 0 Å². The lowest BCUT2D eigenvalue weighted by Gasteiger charge is -2.15. The highest BCUT2D eigenvalue weighted by molar-refractivity contribution is 14.0. The van der Waals surface area contributed by atoms with Crippen molar-refractivity contribution in [2.75, 3.05) is 32.7 Å². The molecule has 1 aliphatic rings. The van der Waals surface area contributed by atoms with Crippen molar-refractivity contribution < 1.29 is 4.79 Å². The zero-order valence-corrected chi connectivity index (χ0v) is 16.0. The number of halogens is 1. The first-order valence-electron chi connectivity index (χ1n) is 8.05. The molecule has 0 bridgehead atoms. The predicted octanol–water partition coefficient (Wildman–Crippen LogP) is 1.07. The van der Waals surface area contributed by atoms with Gasteiger partial charge in [-0.15, -0.1) is 24.0 Å². The molecule has 0 saturated carbocycles. The molecule has 1 amide bonds. The van der Waals surface area contributed by atoms with Gasteiger partial charge in [0, 0.05) is 45.1 Å². The summed E-state index contributed by atoms with van der Waals surface area (Å²) in [5.74, 6) is 0.828. The van der Waals surface area contributed by atoms with Crippen LogP contribution >= 0.6 is 24.0 Å². The number of likely N-dealkylation sites (tertiary alicyclic amines) is 1. The first-order chi connectivity index (χ1) is 10.8. The van der Waals surface area contributed by atoms with Crippen LogP contribution in [0.2, 0.25) is 0 Å². The minimum Gasteiger partial charge on any atom is -0.357 e. The Hall–Kier alpha value is -1.32. The highest BCUT2D eigenvalue weighted by atomic mass is 127. The lowest BCUT2D eigenvalue weighted by molar-refractivity contribution is -0.128. The number of aromatic nitrogens is 2. The summed E-state index contributed by atoms with van der Waals surface area (Å²) in [6.45, 7) is 6.50. The molecule has 1 aromatic heterocycles. The standard InChI is InChI=1S/C15H26N6O.HI/c1-2-17-15(18-6-5-8-20-11-7-16-13-20)19-12-14(22)21-9-3-4-10-21;/h7,11,13H,2-6,8-10,12H2,1H3,(H2,17,18,19);1H. The van der Waals surface area contributed by atoms with Crippen molar-refractivity contribution in [2.24, 2.45) is 4.99 Å². The second-order valence-electron chi connectivity index (χ2n) is 5.36. The average Bonchev–Trinajstić information content (AvgIpc) is 3.21. The van der Waals surface area contributed by atoms with Gasteiger partial charge >= 0.3 is 0 Å². The molecule has 7 nitrogen and oxygen atoms in total. The van der Waals surface area contributed by atoms with E-state index in [1.807, 2.05) is 28.9 Å². The number of imidazole rings is 1. The van der Waals surface area contributed by atoms with Crippen molar-refractivity contribution in [3.63, 3.8) is 0 Å². The second kappa shape index (κ2) is 11.3. The Morgan fingerprint density at radius 1 is 1.30 bits per heavy atom. The van der Waals surface area contributed by atoms with Gasteiger partial charge in [0.1, 0.15) is 6.54 Å². The molecule has 0 atom stereocenters. The van der Waals surface area contributed by atoms with Crippen molar-refractivity contribution in [3.8, 4) is 0 Å². The molecule has 130 valence electrons. The normalized spacial score (nSPS) is 14.5. The fourth-order valence-electron chi connectivity index (χ4n) is 2.44. The largest absolute Gasteiger partial charge is 0.357 e. The number of aliphatic imine (C=N–C) groups is 1. The predicted molar refractivity (Wildman–Crippen MR) is 102 cm³/mol. The van der Waals surface area contributed by atoms with Crippen molar-refractivity contribution >= 4 is 35.8 Å². The molecule has 1 aromatic rings. The molecule has 2 N–H and O–H groups in total. The van der Waals surface area contributed by atoms with Crippen molar-refractivity contribution in [3.05, 3.63) is 18.7 Å². The Morgan fingerprint density at radius 2 is 2.09 bits per heavy atom. The lowest BCUT2D eigenvalue weighted by atomic mass is 10.4. The molecule has 8 heteroatoms. The SMILES string of the molecule is CCNC(=NCC(=O)N1CCCC1)NCCCn1ccnc1.I. The van der Waals surface area contributed by atoms with E-state index in [9.17, 15) is 4.79 Å². The number of guanidine groups is 1. The number of aryl methyl sites for hydroxylation is 1. The van der Waals surface area contributed by atoms with E-state index in [0.29, 0.717) is 5.96 Å². The summed E-state index contributed by atoms with van der Waals surface area (Å²) in [7, 11) is 0. The Balaban J connectivity index is 0.00000264. The molecule has 1 fully saturated rings. The maximum absolute atomic E-state index is 12.0. The number of amides is 1. The topological polar surface area (TPSA) is 74.6 Å². The van der Waals surface area contributed by atoms with Gasteiger partial charge in [-0.25, -0.2) is 9.98 Å². The van der Waals surface area contributed by atoms with Crippen molar-refractivity contribution in [2.45, 2.75) is 32.7 Å². The molecule has 0 unspecified atom stereocenters. The third-order valence-corrected chi connectivity index (χ3v) is 3.62. The Kier molecular flexibility index (Phi) is 9.65. The van der Waals surface area contributed by atoms with Crippen LogP contribution in [0.5, 0.6) is 0 Å². The van der Waals surface area contributed by atoms with E-state index in [-0.39, 0.29) is 36.4 Å². The van der Waals surface area contributed by atoms with Crippen LogP contribution in [-0.4, -0.2) is 59.0 Å². The van der Waals surface area contributed by atoms with Crippen LogP contribution in [0.3, 0.4) is 0 Å². The fourth-order valence-corrected chi connectivity index (χ4v) is 2.44. The zero-order valence-electron chi connectivity index (χ0n) is 13.7. The first kappa shape index (κ1) is 19.7. The summed E-state index contributed by atoms with van der Waals surface area (Å²) in [6.07, 6.45) is 8.75. The van der Waals surface area contributed by atoms with Gasteiger partial charge in [-0.3, -0.25) is 4.79 Å². The van der Waals surface area contributed by atoms with Crippen LogP contribution in [0.25, 0.3) is 0 Å². The number of carbonyl (C=O) groups excluding carboxylic acids is 1. The van der Waals surface area contributed by atoms with Gasteiger partial charge in [-0.2, -0.15) is 0 Å². The summed E-state index contributed by atoms with van der Waals surface area (Å²) in [4.78, 5) is 22.3. The minimum atomic E-state index is 0. The maximum atomic E-state index is 12.0. The highest BCUT2D eigenvalue weighted by Gasteiger charge is 2.17. The molecule has 23 heavy (non-hydrogen) atoms. The van der Waals surface area contributed by atoms with Crippen LogP contribution in [0.4, 0.5) is 0 Å². The molecular weight excluding hydrogens is 407 g/mol. The summed E-state index contributed by atoms with van der Waals surface area (Å²) in [6, 6.07) is 0. The molecule has 2 rings (SSSR count). The Morgan fingerprint density at radius 3 is 2.74 bits per heavy atom. The fraction of sp³-hybridized carbons (Fsp3) is 0.667. The third-order valence-electron chi connectivity index (χ3n) is 3.62. The van der Waals surface area contributed by atoms with E-state index in [1.54, 1.807) is 6.20 Å². The van der Waals surface area contributed by atoms with E-state index < -0.39 is 0 Å². The van der Waals surface area contributed by atoms with Gasteiger partial charge in [0.2, 0.25) is 5.91 Å². The second-order valence-corrected chi connectivity index (χ2v) is 5.36. The third kappa shape index (κ3) is 7.19. The molecule has 0 aliphatic carbocycles. The van der Waals surface area contributed by atoms with Crippen molar-refractivity contribution in [1.29, 1.82) is 0 Å². The van der Waals surface area contributed by atoms with Crippen LogP contribution in [-0.2, 0) is 11.3 Å². The summed E-state index contributed by atoms with van der Waals surface area (Å²) < 4.78 is 2.04. The number of hydrogen-bond acceptors (Lipinski definition) is 3. The summed E-state index contributed by atoms with van der Waals surface area (Å²) in [5, 5.41) is 6.43. The van der Waals surface area contributed by atoms with E-state index in [0.717, 1.165) is 52.0 Å². The van der Waals surface area contributed by atoms with Gasteiger partial charge in [0.15, 0.2) is 5.96 Å². The van der Waals surface area contributed by atoms with Crippen molar-refractivity contribution in [1.82, 2.24) is 25.1 Å². The number of rotatable bonds is 7. The van der Waals surface area contributed by atoms with Crippen LogP contribution in [0.1, 0.15) is 26.2 Å². The Labute approximate surface area is 155 Å². The molecule has 1 aliphatic heterocycles. The van der Waals surface area contributed by atoms with Gasteiger partial charge < -0.3 is 20.1 Å². The molecule has 0 spiro atoms. The number of carbonyl (C=O) groups is 1. The zero-order chi connectivity index (χ0) is 15.6. The summed E-state index contributed by atoms with van der Waals surface area (Å²) in [5.41, 5.74) is 0. The first-order valence-corrected chi connectivity index (χ1v) is 8.05. The minimum absolute atomic E-state index is 0.